The third-order valence-electron chi connectivity index (χ3n) is 21.2. The van der Waals surface area contributed by atoms with Crippen molar-refractivity contribution in [1.82, 2.24) is 72.7 Å². The number of anilines is 5. The molecule has 0 aliphatic carbocycles. The molecule has 35 nitrogen and oxygen atoms in total. The van der Waals surface area contributed by atoms with Crippen LogP contribution in [0.2, 0.25) is 5.28 Å². The maximum atomic E-state index is 10.6. The molecule has 10 aromatic rings. The number of aliphatic hydroxyl groups is 10. The number of fused-ring (bicyclic) bond motifs is 5. The lowest BCUT2D eigenvalue weighted by Gasteiger charge is -2.19. The van der Waals surface area contributed by atoms with Gasteiger partial charge in [0.05, 0.1) is 59.0 Å². The van der Waals surface area contributed by atoms with E-state index in [9.17, 15) is 51.1 Å². The van der Waals surface area contributed by atoms with Gasteiger partial charge in [-0.3, -0.25) is 22.8 Å². The van der Waals surface area contributed by atoms with Crippen LogP contribution in [-0.2, 0) is 23.7 Å². The summed E-state index contributed by atoms with van der Waals surface area (Å²) in [6.07, 6.45) is 21.9. The van der Waals surface area contributed by atoms with Gasteiger partial charge in [-0.15, -0.1) is 65.9 Å². The number of rotatable bonds is 21. The number of H-pyrrole nitrogens is 1. The Balaban J connectivity index is 0.000000148. The molecule has 10 aromatic heterocycles. The molecule has 5 fully saturated rings. The topological polar surface area (TPSA) is 535 Å². The van der Waals surface area contributed by atoms with E-state index in [2.05, 4.69) is 187 Å². The number of hydrogen-bond donors (Lipinski definition) is 16. The van der Waals surface area contributed by atoms with Crippen molar-refractivity contribution >= 4 is 224 Å². The van der Waals surface area contributed by atoms with Crippen molar-refractivity contribution in [2.24, 2.45) is 0 Å². The first-order chi connectivity index (χ1) is 56.5. The zero-order valence-corrected chi connectivity index (χ0v) is 79.9. The van der Waals surface area contributed by atoms with Gasteiger partial charge in [-0.05, 0) is 206 Å². The minimum absolute atomic E-state index is 0.109. The molecule has 666 valence electrons. The fourth-order valence-electron chi connectivity index (χ4n) is 14.5. The summed E-state index contributed by atoms with van der Waals surface area (Å²) in [5.74, 6) is 0. The van der Waals surface area contributed by atoms with Crippen LogP contribution < -0.4 is 28.7 Å². The Morgan fingerprint density at radius 1 is 0.413 bits per heavy atom. The summed E-state index contributed by atoms with van der Waals surface area (Å²) in [4.78, 5) is 41.9. The van der Waals surface area contributed by atoms with Crippen molar-refractivity contribution in [1.29, 1.82) is 0 Å². The van der Waals surface area contributed by atoms with Gasteiger partial charge in [0.1, 0.15) is 88.6 Å². The highest BCUT2D eigenvalue weighted by Crippen LogP contribution is 2.48. The van der Waals surface area contributed by atoms with Gasteiger partial charge < -0.3 is 108 Å². The van der Waals surface area contributed by atoms with Crippen molar-refractivity contribution in [3.63, 3.8) is 0 Å². The number of aromatic nitrogens is 15. The highest BCUT2D eigenvalue weighted by Gasteiger charge is 2.50. The molecule has 5 saturated heterocycles. The number of nitrogens with one attached hydrogen (secondary N) is 1. The van der Waals surface area contributed by atoms with Gasteiger partial charge in [0.2, 0.25) is 5.28 Å². The van der Waals surface area contributed by atoms with Crippen LogP contribution in [0.4, 0.5) is 28.4 Å². The van der Waals surface area contributed by atoms with Crippen molar-refractivity contribution in [3.8, 4) is 0 Å². The Morgan fingerprint density at radius 2 is 0.686 bits per heavy atom. The monoisotopic (exact) mass is 2010 g/mol. The fraction of sp³-hybridized carbons (Fsp3) is 0.539. The standard InChI is InChI=1S/C16H25N4O3PS.C15H22BrN4O3P.C15H22ClN4O3P.C15H22IN4O3P.C15H23N4O3PS/c1-24(2,3)8-6-10-12(21)13(22)15(23-10)20-14-11(19-16(20)25-4)9(17)5-7-18-14;3*1-24(2,3)7-5-9-11(21)12(22)14(23-9)20-13-10(19-15(20)16)8(17)4-6-18-13;1-23(2,3)7-5-9-11(20)12(21)14(22-9)19-13-10(18-15(19)24)8(16)4-6-17-13/h5,7,10,12-13,15,21-22H,1,6,8H2,2-4H3,(H2,17,18);3*4,6,9,11-12,14,21-22H,1,5,7H2,2-3H3,(H2,17,18);4,6,9,11-12,14,20-21H,1,5,7H2,2-3H3,(H2,16,17)(H,18,24)/t10-,12-,13-,15-;4*9-,11-,12-,14-/m11111/s1. The fourth-order valence-corrected chi connectivity index (χ4v) is 21.7. The SMILES string of the molecule is C=P(C)(C)CC[C@H]1O[C@@H](n2c(=S)[nH]c3c(N)ccnc32)[C@H](O)[C@@H]1O.C=P(C)(C)CC[C@H]1O[C@@H](n2c(Br)nc3c(N)ccnc32)[C@H](O)[C@@H]1O.C=P(C)(C)CC[C@H]1O[C@@H](n2c(Cl)nc3c(N)ccnc32)[C@H](O)[C@@H]1O.C=P(C)(C)CC[C@H]1O[C@@H](n2c(I)nc3c(N)ccnc32)[C@H](O)[C@@H]1O.C=P(C)(C)CC[C@H]1O[C@@H](n2c(SC)nc3c(N)ccnc32)[C@H](O)[C@@H]1O. The number of aliphatic hydroxyl groups excluding tert-OH is 10. The molecule has 0 aromatic carbocycles. The molecule has 5 aliphatic rings. The van der Waals surface area contributed by atoms with Crippen LogP contribution in [0.15, 0.2) is 71.2 Å². The summed E-state index contributed by atoms with van der Waals surface area (Å²) >= 11 is 18.4. The lowest BCUT2D eigenvalue weighted by atomic mass is 10.1. The second-order valence-corrected chi connectivity index (χ2v) is 59.1. The lowest BCUT2D eigenvalue weighted by molar-refractivity contribution is -0.0400. The van der Waals surface area contributed by atoms with Crippen molar-refractivity contribution in [2.75, 3.05) is 132 Å². The van der Waals surface area contributed by atoms with Crippen LogP contribution in [0.1, 0.15) is 63.2 Å². The van der Waals surface area contributed by atoms with Crippen LogP contribution in [0, 0.1) is 8.60 Å². The molecular formula is C76H114BrClIN20O15P5S2. The van der Waals surface area contributed by atoms with Crippen LogP contribution in [0.25, 0.3) is 55.8 Å². The predicted molar refractivity (Wildman–Crippen MR) is 511 cm³/mol. The first kappa shape index (κ1) is 96.7. The van der Waals surface area contributed by atoms with E-state index in [1.165, 1.54) is 22.5 Å². The van der Waals surface area contributed by atoms with Gasteiger partial charge >= 0.3 is 0 Å². The number of imidazole rings is 5. The summed E-state index contributed by atoms with van der Waals surface area (Å²) in [5.41, 5.74) is 37.4. The smallest absolute Gasteiger partial charge is 0.207 e. The van der Waals surface area contributed by atoms with Crippen molar-refractivity contribution in [2.45, 2.75) is 160 Å². The molecule has 0 amide bonds. The van der Waals surface area contributed by atoms with Crippen LogP contribution in [0.5, 0.6) is 0 Å². The maximum absolute atomic E-state index is 10.6. The van der Waals surface area contributed by atoms with Gasteiger partial charge in [-0.2, -0.15) is 0 Å². The molecule has 0 spiro atoms. The first-order valence-electron chi connectivity index (χ1n) is 38.8. The molecule has 21 N–H and O–H groups in total. The number of aromatic amines is 1. The third kappa shape index (κ3) is 22.3. The normalized spacial score (nSPS) is 27.7. The molecule has 121 heavy (non-hydrogen) atoms. The van der Waals surface area contributed by atoms with E-state index in [-0.39, 0.29) is 5.28 Å². The summed E-state index contributed by atoms with van der Waals surface area (Å²) < 4.78 is 39.3. The Hall–Kier alpha value is -4.93. The molecule has 15 heterocycles. The average Bonchev–Trinajstić information content (AvgIpc) is 1.63. The van der Waals surface area contributed by atoms with Crippen LogP contribution >= 0.6 is 109 Å². The van der Waals surface area contributed by atoms with Crippen molar-refractivity contribution < 1.29 is 74.7 Å². The van der Waals surface area contributed by atoms with E-state index < -0.39 is 157 Å². The first-order valence-corrected chi connectivity index (χ1v) is 57.9. The van der Waals surface area contributed by atoms with Gasteiger partial charge in [-0.1, -0.05) is 11.8 Å². The van der Waals surface area contributed by atoms with E-state index in [0.29, 0.717) is 135 Å². The van der Waals surface area contributed by atoms with E-state index in [1.807, 2.05) is 6.26 Å². The number of nitrogen functional groups attached to an aromatic ring is 5. The summed E-state index contributed by atoms with van der Waals surface area (Å²) in [6.45, 7) is 15.2. The summed E-state index contributed by atoms with van der Waals surface area (Å²) in [5, 5.41) is 105. The number of hydrogen-bond acceptors (Lipinski definition) is 31. The van der Waals surface area contributed by atoms with Crippen molar-refractivity contribution in [3.05, 3.63) is 79.9 Å². The van der Waals surface area contributed by atoms with Crippen LogP contribution in [-0.4, -0.2) is 351 Å². The lowest BCUT2D eigenvalue weighted by Crippen LogP contribution is -2.32. The molecule has 0 radical (unpaired) electrons. The number of ether oxygens (including phenoxy) is 5. The Morgan fingerprint density at radius 3 is 1.04 bits per heavy atom. The third-order valence-corrected chi connectivity index (χ3v) is 31.0. The molecule has 0 unspecified atom stereocenters. The quantitative estimate of drug-likeness (QED) is 0.0148. The number of halogens is 3. The van der Waals surface area contributed by atoms with Gasteiger partial charge in [0, 0.05) is 53.6 Å². The number of nitrogens with two attached hydrogens (primary N) is 5. The Bertz CT molecular complexity index is 5360. The molecule has 20 atom stereocenters. The molecule has 45 heteroatoms. The van der Waals surface area contributed by atoms with Gasteiger partial charge in [0.25, 0.3) is 0 Å². The highest BCUT2D eigenvalue weighted by atomic mass is 127. The average molecular weight is 2010 g/mol. The Kier molecular flexibility index (Phi) is 31.1. The van der Waals surface area contributed by atoms with Gasteiger partial charge in [-0.25, -0.2) is 44.9 Å². The number of nitrogens with zero attached hydrogens (tertiary/aromatic N) is 14. The van der Waals surface area contributed by atoms with E-state index in [0.717, 1.165) is 30.8 Å². The minimum Gasteiger partial charge on any atom is -0.397 e. The summed E-state index contributed by atoms with van der Waals surface area (Å²) in [7, 11) is 0. The maximum Gasteiger partial charge on any atom is 0.207 e. The Labute approximate surface area is 738 Å². The molecule has 15 rings (SSSR count). The molecule has 0 saturated carbocycles. The van der Waals surface area contributed by atoms with Gasteiger partial charge in [0.15, 0.2) is 77.9 Å². The van der Waals surface area contributed by atoms with E-state index in [4.69, 9.17) is 76.2 Å². The van der Waals surface area contributed by atoms with E-state index in [1.54, 1.807) is 73.4 Å². The predicted octanol–water partition coefficient (Wildman–Crippen LogP) is 7.06. The molecular weight excluding hydrogens is 1890 g/mol. The molecule has 0 bridgehead atoms. The summed E-state index contributed by atoms with van der Waals surface area (Å²) in [6, 6.07) is 8.32. The zero-order valence-electron chi connectivity index (χ0n) is 69.3. The molecule has 5 aliphatic heterocycles. The van der Waals surface area contributed by atoms with Crippen LogP contribution in [0.3, 0.4) is 0 Å². The second-order valence-electron chi connectivity index (χ2n) is 34.4. The zero-order chi connectivity index (χ0) is 88.9. The number of pyridine rings is 5. The second kappa shape index (κ2) is 38.9. The van der Waals surface area contributed by atoms with E-state index >= 15 is 0 Å². The number of thioether (sulfide) groups is 1. The largest absolute Gasteiger partial charge is 0.397 e. The highest BCUT2D eigenvalue weighted by molar-refractivity contribution is 14.1. The minimum atomic E-state index is -1.25.